The molecule has 0 unspecified atom stereocenters. The van der Waals surface area contributed by atoms with E-state index in [4.69, 9.17) is 0 Å². The van der Waals surface area contributed by atoms with Crippen molar-refractivity contribution in [1.29, 1.82) is 0 Å². The highest BCUT2D eigenvalue weighted by atomic mass is 32.2. The summed E-state index contributed by atoms with van der Waals surface area (Å²) in [6.45, 7) is 4.05. The van der Waals surface area contributed by atoms with Crippen molar-refractivity contribution in [3.05, 3.63) is 0 Å². The van der Waals surface area contributed by atoms with Gasteiger partial charge in [0.2, 0.25) is 0 Å². The summed E-state index contributed by atoms with van der Waals surface area (Å²) in [6.07, 6.45) is 4.98. The Morgan fingerprint density at radius 2 is 1.61 bits per heavy atom. The number of thioether (sulfide) groups is 2. The van der Waals surface area contributed by atoms with Crippen LogP contribution in [0.25, 0.3) is 0 Å². The average Bonchev–Trinajstić information content (AvgIpc) is 2.38. The summed E-state index contributed by atoms with van der Waals surface area (Å²) in [5, 5.41) is 9.33. The van der Waals surface area contributed by atoms with E-state index in [1.54, 1.807) is 0 Å². The summed E-state index contributed by atoms with van der Waals surface area (Å²) < 4.78 is 0. The quantitative estimate of drug-likeness (QED) is 0.670. The van der Waals surface area contributed by atoms with E-state index in [-0.39, 0.29) is 22.1 Å². The fourth-order valence-corrected chi connectivity index (χ4v) is 3.22. The molecule has 5 heteroatoms. The van der Waals surface area contributed by atoms with Crippen molar-refractivity contribution in [2.45, 2.75) is 57.6 Å². The van der Waals surface area contributed by atoms with Crippen LogP contribution in [0.1, 0.15) is 52.4 Å². The Balaban J connectivity index is 3.82. The zero-order chi connectivity index (χ0) is 13.8. The van der Waals surface area contributed by atoms with E-state index in [1.807, 2.05) is 6.92 Å². The Morgan fingerprint density at radius 1 is 1.06 bits per heavy atom. The van der Waals surface area contributed by atoms with Gasteiger partial charge in [-0.1, -0.05) is 50.2 Å². The van der Waals surface area contributed by atoms with Gasteiger partial charge in [-0.3, -0.25) is 9.59 Å². The number of hydrogen-bond donors (Lipinski definition) is 1. The molecule has 0 aromatic heterocycles. The Morgan fingerprint density at radius 3 is 2.11 bits per heavy atom. The molecular formula is C13H24O3S2. The maximum atomic E-state index is 11.5. The lowest BCUT2D eigenvalue weighted by atomic mass is 10.3. The third-order valence-corrected chi connectivity index (χ3v) is 4.82. The van der Waals surface area contributed by atoms with Gasteiger partial charge in [-0.2, -0.15) is 0 Å². The van der Waals surface area contributed by atoms with Crippen LogP contribution in [-0.2, 0) is 9.59 Å². The first-order valence-electron chi connectivity index (χ1n) is 6.59. The Kier molecular flexibility index (Phi) is 12.1. The molecule has 0 aliphatic heterocycles. The van der Waals surface area contributed by atoms with Crippen molar-refractivity contribution >= 4 is 33.8 Å². The number of unbranched alkanes of at least 4 members (excludes halogenated alkanes) is 2. The van der Waals surface area contributed by atoms with Crippen molar-refractivity contribution in [2.24, 2.45) is 0 Å². The third kappa shape index (κ3) is 9.97. The molecule has 0 rings (SSSR count). The van der Waals surface area contributed by atoms with Crippen LogP contribution in [0, 0.1) is 0 Å². The lowest BCUT2D eigenvalue weighted by Crippen LogP contribution is -2.16. The fraction of sp³-hybridized carbons (Fsp3) is 0.846. The minimum absolute atomic E-state index is 0.0451. The van der Waals surface area contributed by atoms with Gasteiger partial charge in [0.05, 0.1) is 6.61 Å². The molecule has 0 amide bonds. The van der Waals surface area contributed by atoms with Gasteiger partial charge in [0.1, 0.15) is 0 Å². The molecule has 3 nitrogen and oxygen atoms in total. The van der Waals surface area contributed by atoms with Gasteiger partial charge in [0.25, 0.3) is 0 Å². The number of aliphatic hydroxyl groups is 1. The number of rotatable bonds is 10. The Labute approximate surface area is 118 Å². The molecule has 0 bridgehead atoms. The molecule has 0 heterocycles. The van der Waals surface area contributed by atoms with Crippen molar-refractivity contribution in [2.75, 3.05) is 12.4 Å². The standard InChI is InChI=1S/C13H24O3S2/c1-3-5-7-12(15)17-10-11(9-14)18-13(16)8-6-4-2/h11,14H,3-10H2,1-2H3/t11-/m0/s1. The first-order chi connectivity index (χ1) is 8.63. The second kappa shape index (κ2) is 12.1. The molecule has 0 aliphatic rings. The van der Waals surface area contributed by atoms with Gasteiger partial charge in [0, 0.05) is 23.8 Å². The molecule has 0 saturated heterocycles. The largest absolute Gasteiger partial charge is 0.395 e. The van der Waals surface area contributed by atoms with Crippen LogP contribution in [0.2, 0.25) is 0 Å². The lowest BCUT2D eigenvalue weighted by molar-refractivity contribution is -0.111. The van der Waals surface area contributed by atoms with Crippen molar-refractivity contribution in [1.82, 2.24) is 0 Å². The molecule has 1 atom stereocenters. The normalized spacial score (nSPS) is 12.4. The molecule has 0 aromatic rings. The van der Waals surface area contributed by atoms with Gasteiger partial charge >= 0.3 is 0 Å². The summed E-state index contributed by atoms with van der Waals surface area (Å²) in [4.78, 5) is 23.0. The Bertz CT molecular complexity index is 244. The van der Waals surface area contributed by atoms with E-state index >= 15 is 0 Å². The predicted octanol–water partition coefficient (Wildman–Crippen LogP) is 3.25. The van der Waals surface area contributed by atoms with Crippen LogP contribution in [0.15, 0.2) is 0 Å². The number of hydrogen-bond acceptors (Lipinski definition) is 5. The molecule has 18 heavy (non-hydrogen) atoms. The molecule has 106 valence electrons. The van der Waals surface area contributed by atoms with Gasteiger partial charge < -0.3 is 5.11 Å². The predicted molar refractivity (Wildman–Crippen MR) is 80.0 cm³/mol. The minimum atomic E-state index is -0.148. The minimum Gasteiger partial charge on any atom is -0.395 e. The first-order valence-corrected chi connectivity index (χ1v) is 8.46. The molecule has 1 N–H and O–H groups in total. The van der Waals surface area contributed by atoms with Gasteiger partial charge in [-0.05, 0) is 12.8 Å². The molecule has 0 fully saturated rings. The summed E-state index contributed by atoms with van der Waals surface area (Å²) in [6, 6.07) is 0. The van der Waals surface area contributed by atoms with E-state index in [0.717, 1.165) is 25.7 Å². The van der Waals surface area contributed by atoms with E-state index in [2.05, 4.69) is 6.92 Å². The Hall–Kier alpha value is -0.0000000000000000555. The highest BCUT2D eigenvalue weighted by Crippen LogP contribution is 2.21. The second-order valence-corrected chi connectivity index (χ2v) is 6.62. The summed E-state index contributed by atoms with van der Waals surface area (Å²) in [5.74, 6) is 0.529. The van der Waals surface area contributed by atoms with Gasteiger partial charge in [-0.15, -0.1) is 0 Å². The molecule has 0 aliphatic carbocycles. The van der Waals surface area contributed by atoms with Crippen LogP contribution >= 0.6 is 23.5 Å². The zero-order valence-electron chi connectivity index (χ0n) is 11.3. The smallest absolute Gasteiger partial charge is 0.189 e. The third-order valence-electron chi connectivity index (χ3n) is 2.40. The van der Waals surface area contributed by atoms with Crippen LogP contribution in [0.3, 0.4) is 0 Å². The number of carbonyl (C=O) groups excluding carboxylic acids is 2. The fourth-order valence-electron chi connectivity index (χ4n) is 1.27. The van der Waals surface area contributed by atoms with Crippen molar-refractivity contribution < 1.29 is 14.7 Å². The molecule has 0 aromatic carbocycles. The van der Waals surface area contributed by atoms with E-state index in [0.29, 0.717) is 18.6 Å². The number of carbonyl (C=O) groups is 2. The van der Waals surface area contributed by atoms with Gasteiger partial charge in [0.15, 0.2) is 10.2 Å². The average molecular weight is 292 g/mol. The summed E-state index contributed by atoms with van der Waals surface area (Å²) >= 11 is 2.43. The van der Waals surface area contributed by atoms with Crippen LogP contribution in [-0.4, -0.2) is 32.9 Å². The van der Waals surface area contributed by atoms with Crippen LogP contribution in [0.4, 0.5) is 0 Å². The van der Waals surface area contributed by atoms with Crippen LogP contribution in [0.5, 0.6) is 0 Å². The van der Waals surface area contributed by atoms with E-state index < -0.39 is 0 Å². The highest BCUT2D eigenvalue weighted by molar-refractivity contribution is 8.17. The maximum absolute atomic E-state index is 11.5. The molecule has 0 saturated carbocycles. The van der Waals surface area contributed by atoms with E-state index in [9.17, 15) is 14.7 Å². The number of aliphatic hydroxyl groups excluding tert-OH is 1. The van der Waals surface area contributed by atoms with Crippen molar-refractivity contribution in [3.8, 4) is 0 Å². The molecular weight excluding hydrogens is 268 g/mol. The monoisotopic (exact) mass is 292 g/mol. The summed E-state index contributed by atoms with van der Waals surface area (Å²) in [5.41, 5.74) is 0. The molecule has 0 radical (unpaired) electrons. The van der Waals surface area contributed by atoms with Crippen LogP contribution < -0.4 is 0 Å². The topological polar surface area (TPSA) is 54.4 Å². The van der Waals surface area contributed by atoms with Gasteiger partial charge in [-0.25, -0.2) is 0 Å². The van der Waals surface area contributed by atoms with Crippen molar-refractivity contribution in [3.63, 3.8) is 0 Å². The highest BCUT2D eigenvalue weighted by Gasteiger charge is 2.15. The summed E-state index contributed by atoms with van der Waals surface area (Å²) in [7, 11) is 0. The zero-order valence-corrected chi connectivity index (χ0v) is 12.9. The lowest BCUT2D eigenvalue weighted by Gasteiger charge is -2.11. The molecule has 0 spiro atoms. The first kappa shape index (κ1) is 18.0. The maximum Gasteiger partial charge on any atom is 0.189 e. The SMILES string of the molecule is CCCCC(=O)SC[C@H](CO)SC(=O)CCCC. The van der Waals surface area contributed by atoms with E-state index in [1.165, 1.54) is 23.5 Å². The second-order valence-electron chi connectivity index (χ2n) is 4.18.